The number of carbonyl (C=O) groups excluding carboxylic acids is 2. The van der Waals surface area contributed by atoms with E-state index < -0.39 is 11.8 Å². The van der Waals surface area contributed by atoms with Gasteiger partial charge < -0.3 is 24.3 Å². The second kappa shape index (κ2) is 9.73. The molecule has 1 aromatic heterocycles. The molecule has 0 unspecified atom stereocenters. The van der Waals surface area contributed by atoms with Gasteiger partial charge in [0.15, 0.2) is 23.0 Å². The van der Waals surface area contributed by atoms with Gasteiger partial charge in [0.05, 0.1) is 38.9 Å². The summed E-state index contributed by atoms with van der Waals surface area (Å²) in [7, 11) is 3.11. The highest BCUT2D eigenvalue weighted by Crippen LogP contribution is 2.33. The Kier molecular flexibility index (Phi) is 6.39. The van der Waals surface area contributed by atoms with Gasteiger partial charge in [-0.25, -0.2) is 5.43 Å². The fraction of sp³-hybridized carbons (Fsp3) is 0.182. The molecule has 0 radical (unpaired) electrons. The highest BCUT2D eigenvalue weighted by Gasteiger charge is 2.16. The molecule has 33 heavy (non-hydrogen) atoms. The van der Waals surface area contributed by atoms with Gasteiger partial charge in [-0.1, -0.05) is 0 Å². The van der Waals surface area contributed by atoms with Gasteiger partial charge >= 0.3 is 0 Å². The van der Waals surface area contributed by atoms with Crippen LogP contribution in [0, 0.1) is 0 Å². The van der Waals surface area contributed by atoms with Gasteiger partial charge in [0.25, 0.3) is 11.8 Å². The predicted molar refractivity (Wildman–Crippen MR) is 118 cm³/mol. The Balaban J connectivity index is 1.33. The lowest BCUT2D eigenvalue weighted by atomic mass is 10.1. The Morgan fingerprint density at radius 3 is 2.76 bits per heavy atom. The van der Waals surface area contributed by atoms with Crippen molar-refractivity contribution in [2.75, 3.05) is 27.6 Å². The highest BCUT2D eigenvalue weighted by atomic mass is 16.7. The van der Waals surface area contributed by atoms with Crippen LogP contribution in [0.25, 0.3) is 11.3 Å². The van der Waals surface area contributed by atoms with Gasteiger partial charge in [0, 0.05) is 16.7 Å². The molecule has 11 nitrogen and oxygen atoms in total. The number of carbonyl (C=O) groups is 2. The van der Waals surface area contributed by atoms with Gasteiger partial charge in [-0.15, -0.1) is 0 Å². The first-order chi connectivity index (χ1) is 16.1. The summed E-state index contributed by atoms with van der Waals surface area (Å²) in [6.07, 6.45) is 3.02. The van der Waals surface area contributed by atoms with E-state index in [2.05, 4.69) is 26.0 Å². The maximum Gasteiger partial charge on any atom is 0.259 e. The quantitative estimate of drug-likeness (QED) is 0.350. The van der Waals surface area contributed by atoms with Crippen molar-refractivity contribution in [1.82, 2.24) is 20.9 Å². The number of amides is 2. The third-order valence-corrected chi connectivity index (χ3v) is 4.78. The fourth-order valence-corrected chi connectivity index (χ4v) is 3.13. The maximum atomic E-state index is 12.3. The second-order valence-electron chi connectivity index (χ2n) is 6.81. The smallest absolute Gasteiger partial charge is 0.259 e. The van der Waals surface area contributed by atoms with Crippen molar-refractivity contribution < 1.29 is 28.5 Å². The zero-order valence-corrected chi connectivity index (χ0v) is 17.9. The van der Waals surface area contributed by atoms with Gasteiger partial charge in [0.2, 0.25) is 6.79 Å². The van der Waals surface area contributed by atoms with Crippen LogP contribution < -0.4 is 29.7 Å². The van der Waals surface area contributed by atoms with Crippen molar-refractivity contribution in [3.63, 3.8) is 0 Å². The molecular formula is C22H21N5O6. The summed E-state index contributed by atoms with van der Waals surface area (Å²) in [5.41, 5.74) is 4.86. The van der Waals surface area contributed by atoms with Crippen molar-refractivity contribution in [2.45, 2.75) is 0 Å². The van der Waals surface area contributed by atoms with Crippen molar-refractivity contribution in [3.05, 3.63) is 53.7 Å². The van der Waals surface area contributed by atoms with Crippen molar-refractivity contribution in [3.8, 4) is 34.3 Å². The van der Waals surface area contributed by atoms with Gasteiger partial charge in [-0.2, -0.15) is 10.2 Å². The monoisotopic (exact) mass is 451 g/mol. The number of benzene rings is 2. The molecule has 2 aromatic carbocycles. The molecular weight excluding hydrogens is 430 g/mol. The number of nitrogens with zero attached hydrogens (tertiary/aromatic N) is 2. The van der Waals surface area contributed by atoms with Crippen LogP contribution in [0.2, 0.25) is 0 Å². The largest absolute Gasteiger partial charge is 0.493 e. The number of ether oxygens (including phenoxy) is 4. The van der Waals surface area contributed by atoms with E-state index >= 15 is 0 Å². The molecule has 1 aliphatic rings. The molecule has 4 rings (SSSR count). The first-order valence-corrected chi connectivity index (χ1v) is 9.84. The third-order valence-electron chi connectivity index (χ3n) is 4.78. The van der Waals surface area contributed by atoms with Crippen LogP contribution in [0.15, 0.2) is 47.7 Å². The van der Waals surface area contributed by atoms with E-state index in [-0.39, 0.29) is 13.3 Å². The molecule has 0 fully saturated rings. The summed E-state index contributed by atoms with van der Waals surface area (Å²) >= 11 is 0. The van der Waals surface area contributed by atoms with E-state index in [1.165, 1.54) is 6.21 Å². The van der Waals surface area contributed by atoms with E-state index in [9.17, 15) is 9.59 Å². The summed E-state index contributed by atoms with van der Waals surface area (Å²) < 4.78 is 21.0. The van der Waals surface area contributed by atoms with Crippen LogP contribution >= 0.6 is 0 Å². The molecule has 3 aromatic rings. The van der Waals surface area contributed by atoms with E-state index in [4.69, 9.17) is 18.9 Å². The summed E-state index contributed by atoms with van der Waals surface area (Å²) in [4.78, 5) is 24.3. The first-order valence-electron chi connectivity index (χ1n) is 9.84. The Hall–Kier alpha value is -4.54. The molecule has 1 aliphatic heterocycles. The number of hydrazone groups is 1. The minimum atomic E-state index is -0.489. The van der Waals surface area contributed by atoms with Crippen LogP contribution in [0.1, 0.15) is 15.9 Å². The molecule has 0 atom stereocenters. The lowest BCUT2D eigenvalue weighted by Crippen LogP contribution is -2.34. The molecule has 2 amide bonds. The predicted octanol–water partition coefficient (Wildman–Crippen LogP) is 1.70. The van der Waals surface area contributed by atoms with Crippen molar-refractivity contribution >= 4 is 18.0 Å². The number of rotatable bonds is 8. The second-order valence-corrected chi connectivity index (χ2v) is 6.81. The van der Waals surface area contributed by atoms with E-state index in [1.54, 1.807) is 50.7 Å². The van der Waals surface area contributed by atoms with Crippen LogP contribution in [0.4, 0.5) is 0 Å². The highest BCUT2D eigenvalue weighted by molar-refractivity contribution is 5.97. The summed E-state index contributed by atoms with van der Waals surface area (Å²) in [5, 5.41) is 13.4. The number of aromatic amines is 1. The van der Waals surface area contributed by atoms with Crippen molar-refractivity contribution in [1.29, 1.82) is 0 Å². The Bertz CT molecular complexity index is 1210. The Labute approximate surface area is 188 Å². The van der Waals surface area contributed by atoms with E-state index in [0.29, 0.717) is 39.8 Å². The standard InChI is InChI=1S/C22H21N5O6/c1-30-16-5-3-13(7-18(16)31-2)21-15(10-25-27-21)9-24-26-20(28)11-23-22(29)14-4-6-17-19(8-14)33-12-32-17/h3-10H,11-12H2,1-2H3,(H,23,29)(H,25,27)(H,26,28)/b24-9+. The van der Waals surface area contributed by atoms with Crippen LogP contribution in [-0.4, -0.2) is 55.8 Å². The van der Waals surface area contributed by atoms with E-state index in [0.717, 1.165) is 5.56 Å². The van der Waals surface area contributed by atoms with Crippen molar-refractivity contribution in [2.24, 2.45) is 5.10 Å². The number of fused-ring (bicyclic) bond motifs is 1. The van der Waals surface area contributed by atoms with Gasteiger partial charge in [0.1, 0.15) is 0 Å². The number of methoxy groups -OCH3 is 2. The Morgan fingerprint density at radius 2 is 1.94 bits per heavy atom. The molecule has 170 valence electrons. The average molecular weight is 451 g/mol. The zero-order chi connectivity index (χ0) is 23.2. The molecule has 0 saturated carbocycles. The topological polar surface area (TPSA) is 136 Å². The lowest BCUT2D eigenvalue weighted by Gasteiger charge is -2.09. The van der Waals surface area contributed by atoms with Gasteiger partial charge in [-0.05, 0) is 36.4 Å². The SMILES string of the molecule is COc1ccc(-c2[nH]ncc2/C=N/NC(=O)CNC(=O)c2ccc3c(c2)OCO3)cc1OC. The van der Waals surface area contributed by atoms with Crippen LogP contribution in [-0.2, 0) is 4.79 Å². The van der Waals surface area contributed by atoms with Crippen LogP contribution in [0.3, 0.4) is 0 Å². The summed E-state index contributed by atoms with van der Waals surface area (Å²) in [5.74, 6) is 1.33. The molecule has 2 heterocycles. The number of hydrogen-bond donors (Lipinski definition) is 3. The molecule has 0 spiro atoms. The molecule has 11 heteroatoms. The maximum absolute atomic E-state index is 12.3. The summed E-state index contributed by atoms with van der Waals surface area (Å²) in [6, 6.07) is 10.2. The summed E-state index contributed by atoms with van der Waals surface area (Å²) in [6.45, 7) is -0.135. The minimum Gasteiger partial charge on any atom is -0.493 e. The number of nitrogens with one attached hydrogen (secondary N) is 3. The molecule has 3 N–H and O–H groups in total. The molecule has 0 bridgehead atoms. The zero-order valence-electron chi connectivity index (χ0n) is 17.9. The number of aromatic nitrogens is 2. The first kappa shape index (κ1) is 21.7. The third kappa shape index (κ3) is 4.87. The molecule has 0 saturated heterocycles. The number of hydrogen-bond acceptors (Lipinski definition) is 8. The Morgan fingerprint density at radius 1 is 1.12 bits per heavy atom. The van der Waals surface area contributed by atoms with Gasteiger partial charge in [-0.3, -0.25) is 14.7 Å². The van der Waals surface area contributed by atoms with Crippen LogP contribution in [0.5, 0.6) is 23.0 Å². The average Bonchev–Trinajstić information content (AvgIpc) is 3.51. The minimum absolute atomic E-state index is 0.116. The normalized spacial score (nSPS) is 11.9. The van der Waals surface area contributed by atoms with E-state index in [1.807, 2.05) is 6.07 Å². The number of H-pyrrole nitrogens is 1. The lowest BCUT2D eigenvalue weighted by molar-refractivity contribution is -0.120. The molecule has 0 aliphatic carbocycles. The fourth-order valence-electron chi connectivity index (χ4n) is 3.13.